The molecule has 20 heavy (non-hydrogen) atoms. The minimum absolute atomic E-state index is 0.633. The lowest BCUT2D eigenvalue weighted by Gasteiger charge is -2.31. The van der Waals surface area contributed by atoms with Crippen molar-refractivity contribution >= 4 is 27.7 Å². The van der Waals surface area contributed by atoms with Crippen molar-refractivity contribution < 1.29 is 0 Å². The first-order chi connectivity index (χ1) is 9.81. The van der Waals surface area contributed by atoms with Crippen LogP contribution in [0.3, 0.4) is 0 Å². The lowest BCUT2D eigenvalue weighted by Crippen LogP contribution is -2.39. The molecule has 112 valence electrons. The number of hydrogen-bond acceptors (Lipinski definition) is 3. The van der Waals surface area contributed by atoms with Gasteiger partial charge in [0.2, 0.25) is 0 Å². The Hall–Kier alpha value is -0.0600. The Morgan fingerprint density at radius 1 is 1.40 bits per heavy atom. The normalized spacial score (nSPS) is 18.1. The van der Waals surface area contributed by atoms with E-state index in [0.717, 1.165) is 27.7 Å². The van der Waals surface area contributed by atoms with E-state index in [4.69, 9.17) is 0 Å². The number of nitrogens with one attached hydrogen (secondary N) is 1. The molecule has 2 rings (SSSR count). The summed E-state index contributed by atoms with van der Waals surface area (Å²) in [5, 5.41) is 4.88. The zero-order chi connectivity index (χ0) is 14.2. The van der Waals surface area contributed by atoms with Gasteiger partial charge in [0.15, 0.2) is 0 Å². The molecule has 1 aliphatic rings. The van der Waals surface area contributed by atoms with E-state index in [1.54, 1.807) is 0 Å². The molecule has 0 spiro atoms. The van der Waals surface area contributed by atoms with Gasteiger partial charge in [-0.1, -0.05) is 26.2 Å². The zero-order valence-electron chi connectivity index (χ0n) is 12.3. The van der Waals surface area contributed by atoms with Crippen LogP contribution in [0.4, 0.5) is 0 Å². The Balaban J connectivity index is 1.91. The number of halogens is 1. The Morgan fingerprint density at radius 3 is 2.90 bits per heavy atom. The van der Waals surface area contributed by atoms with Gasteiger partial charge in [-0.05, 0) is 59.8 Å². The van der Waals surface area contributed by atoms with Crippen molar-refractivity contribution in [2.45, 2.75) is 56.5 Å². The number of thioether (sulfide) groups is 1. The Bertz CT molecular complexity index is 394. The SMILES string of the molecule is CCCNC(CSc1ncccc1Br)C1CCCCC1. The van der Waals surface area contributed by atoms with Crippen LogP contribution in [-0.2, 0) is 0 Å². The van der Waals surface area contributed by atoms with Crippen LogP contribution in [0.15, 0.2) is 27.8 Å². The molecule has 1 saturated carbocycles. The predicted molar refractivity (Wildman–Crippen MR) is 91.3 cm³/mol. The summed E-state index contributed by atoms with van der Waals surface area (Å²) in [6.45, 7) is 3.37. The highest BCUT2D eigenvalue weighted by Gasteiger charge is 2.23. The molecule has 1 N–H and O–H groups in total. The van der Waals surface area contributed by atoms with Crippen molar-refractivity contribution in [3.63, 3.8) is 0 Å². The topological polar surface area (TPSA) is 24.9 Å². The fourth-order valence-electron chi connectivity index (χ4n) is 2.87. The third-order valence-electron chi connectivity index (χ3n) is 4.00. The molecule has 1 aliphatic carbocycles. The van der Waals surface area contributed by atoms with Crippen molar-refractivity contribution in [3.8, 4) is 0 Å². The lowest BCUT2D eigenvalue weighted by atomic mass is 9.84. The maximum absolute atomic E-state index is 4.46. The van der Waals surface area contributed by atoms with Gasteiger partial charge in [-0.15, -0.1) is 11.8 Å². The van der Waals surface area contributed by atoms with Crippen LogP contribution in [0.25, 0.3) is 0 Å². The fourth-order valence-corrected chi connectivity index (χ4v) is 4.54. The molecule has 1 aromatic heterocycles. The molecule has 0 aromatic carbocycles. The maximum atomic E-state index is 4.46. The predicted octanol–water partition coefficient (Wildman–Crippen LogP) is 4.88. The molecule has 0 radical (unpaired) electrons. The summed E-state index contributed by atoms with van der Waals surface area (Å²) in [7, 11) is 0. The van der Waals surface area contributed by atoms with E-state index >= 15 is 0 Å². The van der Waals surface area contributed by atoms with Crippen LogP contribution in [0.1, 0.15) is 45.4 Å². The summed E-state index contributed by atoms with van der Waals surface area (Å²) in [5.41, 5.74) is 0. The first-order valence-electron chi connectivity index (χ1n) is 7.78. The minimum atomic E-state index is 0.633. The third-order valence-corrected chi connectivity index (χ3v) is 6.03. The van der Waals surface area contributed by atoms with Crippen LogP contribution in [0.5, 0.6) is 0 Å². The molecule has 0 bridgehead atoms. The molecule has 0 saturated heterocycles. The van der Waals surface area contributed by atoms with E-state index in [2.05, 4.69) is 39.2 Å². The van der Waals surface area contributed by atoms with Gasteiger partial charge in [-0.2, -0.15) is 0 Å². The minimum Gasteiger partial charge on any atom is -0.313 e. The van der Waals surface area contributed by atoms with E-state index in [1.165, 1.54) is 38.5 Å². The third kappa shape index (κ3) is 5.05. The smallest absolute Gasteiger partial charge is 0.110 e. The summed E-state index contributed by atoms with van der Waals surface area (Å²) in [4.78, 5) is 4.46. The fraction of sp³-hybridized carbons (Fsp3) is 0.688. The van der Waals surface area contributed by atoms with Crippen molar-refractivity contribution in [3.05, 3.63) is 22.8 Å². The summed E-state index contributed by atoms with van der Waals surface area (Å²) < 4.78 is 1.11. The highest BCUT2D eigenvalue weighted by atomic mass is 79.9. The summed E-state index contributed by atoms with van der Waals surface area (Å²) in [6.07, 6.45) is 10.1. The maximum Gasteiger partial charge on any atom is 0.110 e. The molecule has 4 heteroatoms. The number of hydrogen-bond donors (Lipinski definition) is 1. The monoisotopic (exact) mass is 356 g/mol. The van der Waals surface area contributed by atoms with Crippen LogP contribution < -0.4 is 5.32 Å². The Labute approximate surface area is 135 Å². The molecule has 1 atom stereocenters. The molecule has 1 fully saturated rings. The summed E-state index contributed by atoms with van der Waals surface area (Å²) >= 11 is 5.47. The zero-order valence-corrected chi connectivity index (χ0v) is 14.7. The van der Waals surface area contributed by atoms with Crippen molar-refractivity contribution in [2.75, 3.05) is 12.3 Å². The number of nitrogens with zero attached hydrogens (tertiary/aromatic N) is 1. The molecule has 1 heterocycles. The number of pyridine rings is 1. The molecule has 2 nitrogen and oxygen atoms in total. The molecule has 1 aromatic rings. The second kappa shape index (κ2) is 9.06. The lowest BCUT2D eigenvalue weighted by molar-refractivity contribution is 0.285. The standard InChI is InChI=1S/C16H25BrN2S/c1-2-10-18-15(13-7-4-3-5-8-13)12-20-16-14(17)9-6-11-19-16/h6,9,11,13,15,18H,2-5,7-8,10,12H2,1H3. The summed E-state index contributed by atoms with van der Waals surface area (Å²) in [5.74, 6) is 1.98. The molecular weight excluding hydrogens is 332 g/mol. The number of aromatic nitrogens is 1. The Kier molecular flexibility index (Phi) is 7.39. The molecule has 0 amide bonds. The van der Waals surface area contributed by atoms with Gasteiger partial charge in [0.05, 0.1) is 0 Å². The van der Waals surface area contributed by atoms with Crippen molar-refractivity contribution in [1.29, 1.82) is 0 Å². The van der Waals surface area contributed by atoms with Crippen molar-refractivity contribution in [2.24, 2.45) is 5.92 Å². The quantitative estimate of drug-likeness (QED) is 0.704. The molecular formula is C16H25BrN2S. The van der Waals surface area contributed by atoms with Crippen LogP contribution in [0, 0.1) is 5.92 Å². The average Bonchev–Trinajstić information content (AvgIpc) is 2.50. The van der Waals surface area contributed by atoms with Crippen molar-refractivity contribution in [1.82, 2.24) is 10.3 Å². The first-order valence-corrected chi connectivity index (χ1v) is 9.55. The second-order valence-electron chi connectivity index (χ2n) is 5.56. The van der Waals surface area contributed by atoms with Crippen LogP contribution in [0.2, 0.25) is 0 Å². The summed E-state index contributed by atoms with van der Waals surface area (Å²) in [6, 6.07) is 4.68. The van der Waals surface area contributed by atoms with Crippen LogP contribution >= 0.6 is 27.7 Å². The molecule has 1 unspecified atom stereocenters. The van der Waals surface area contributed by atoms with E-state index in [-0.39, 0.29) is 0 Å². The first kappa shape index (κ1) is 16.3. The van der Waals surface area contributed by atoms with E-state index in [9.17, 15) is 0 Å². The highest BCUT2D eigenvalue weighted by molar-refractivity contribution is 9.10. The highest BCUT2D eigenvalue weighted by Crippen LogP contribution is 2.31. The second-order valence-corrected chi connectivity index (χ2v) is 7.42. The number of rotatable bonds is 7. The molecule has 0 aliphatic heterocycles. The van der Waals surface area contributed by atoms with Gasteiger partial charge in [-0.3, -0.25) is 0 Å². The van der Waals surface area contributed by atoms with Gasteiger partial charge in [0, 0.05) is 22.5 Å². The van der Waals surface area contributed by atoms with E-state index in [1.807, 2.05) is 24.0 Å². The van der Waals surface area contributed by atoms with E-state index < -0.39 is 0 Å². The Morgan fingerprint density at radius 2 is 2.20 bits per heavy atom. The van der Waals surface area contributed by atoms with Gasteiger partial charge in [0.1, 0.15) is 5.03 Å². The van der Waals surface area contributed by atoms with Gasteiger partial charge in [0.25, 0.3) is 0 Å². The van der Waals surface area contributed by atoms with Gasteiger partial charge < -0.3 is 5.32 Å². The van der Waals surface area contributed by atoms with Gasteiger partial charge >= 0.3 is 0 Å². The average molecular weight is 357 g/mol. The van der Waals surface area contributed by atoms with E-state index in [0.29, 0.717) is 6.04 Å². The largest absolute Gasteiger partial charge is 0.313 e. The van der Waals surface area contributed by atoms with Crippen LogP contribution in [-0.4, -0.2) is 23.3 Å². The van der Waals surface area contributed by atoms with Gasteiger partial charge in [-0.25, -0.2) is 4.98 Å².